The van der Waals surface area contributed by atoms with Crippen LogP contribution in [0.2, 0.25) is 0 Å². The Kier molecular flexibility index (Phi) is 4.66. The molecule has 0 fully saturated rings. The maximum Gasteiger partial charge on any atom is 0.330 e. The second kappa shape index (κ2) is 5.81. The van der Waals surface area contributed by atoms with Crippen LogP contribution in [-0.4, -0.2) is 24.9 Å². The monoisotopic (exact) mass is 265 g/mol. The maximum atomic E-state index is 12.5. The molecule has 1 rings (SSSR count). The zero-order valence-electron chi connectivity index (χ0n) is 9.04. The molecular formula is C11H9F4O3-. The molecule has 0 aliphatic carbocycles. The summed E-state index contributed by atoms with van der Waals surface area (Å²) < 4.78 is 52.9. The summed E-state index contributed by atoms with van der Waals surface area (Å²) >= 11 is 0. The number of carbonyl (C=O) groups excluding carboxylic acids is 1. The molecule has 3 nitrogen and oxygen atoms in total. The van der Waals surface area contributed by atoms with Crippen molar-refractivity contribution in [3.8, 4) is 0 Å². The van der Waals surface area contributed by atoms with Crippen molar-refractivity contribution >= 4 is 5.97 Å². The van der Waals surface area contributed by atoms with Crippen LogP contribution in [0.5, 0.6) is 0 Å². The van der Waals surface area contributed by atoms with Crippen molar-refractivity contribution in [2.24, 2.45) is 0 Å². The molecule has 0 saturated heterocycles. The van der Waals surface area contributed by atoms with Gasteiger partial charge in [-0.3, -0.25) is 0 Å². The maximum absolute atomic E-state index is 12.5. The van der Waals surface area contributed by atoms with Crippen molar-refractivity contribution in [3.05, 3.63) is 35.4 Å². The zero-order chi connectivity index (χ0) is 13.8. The lowest BCUT2D eigenvalue weighted by Gasteiger charge is -2.15. The van der Waals surface area contributed by atoms with E-state index in [4.69, 9.17) is 0 Å². The van der Waals surface area contributed by atoms with Gasteiger partial charge in [-0.15, -0.1) is 0 Å². The molecule has 0 bridgehead atoms. The number of carboxylic acids is 1. The average Bonchev–Trinajstić information content (AvgIpc) is 2.29. The van der Waals surface area contributed by atoms with Crippen molar-refractivity contribution in [3.63, 3.8) is 0 Å². The van der Waals surface area contributed by atoms with Gasteiger partial charge in [0.2, 0.25) is 0 Å². The van der Waals surface area contributed by atoms with E-state index in [1.807, 2.05) is 0 Å². The quantitative estimate of drug-likeness (QED) is 0.732. The summed E-state index contributed by atoms with van der Waals surface area (Å²) in [6.07, 6.45) is -3.78. The molecule has 1 aromatic carbocycles. The van der Waals surface area contributed by atoms with Crippen molar-refractivity contribution in [2.45, 2.75) is 19.0 Å². The summed E-state index contributed by atoms with van der Waals surface area (Å²) in [5.41, 5.74) is 0.321. The number of aromatic carboxylic acids is 1. The predicted molar refractivity (Wildman–Crippen MR) is 51.4 cm³/mol. The van der Waals surface area contributed by atoms with Crippen molar-refractivity contribution in [1.82, 2.24) is 0 Å². The number of carbonyl (C=O) groups is 1. The van der Waals surface area contributed by atoms with Crippen LogP contribution in [0.1, 0.15) is 15.9 Å². The van der Waals surface area contributed by atoms with Crippen molar-refractivity contribution in [2.75, 3.05) is 6.61 Å². The highest BCUT2D eigenvalue weighted by molar-refractivity contribution is 5.85. The minimum Gasteiger partial charge on any atom is -0.545 e. The smallest absolute Gasteiger partial charge is 0.330 e. The Hall–Kier alpha value is -1.63. The van der Waals surface area contributed by atoms with E-state index in [1.165, 1.54) is 24.3 Å². The van der Waals surface area contributed by atoms with Gasteiger partial charge < -0.3 is 14.6 Å². The normalized spacial score (nSPS) is 11.8. The lowest BCUT2D eigenvalue weighted by molar-refractivity contribution is -0.255. The van der Waals surface area contributed by atoms with Gasteiger partial charge in [-0.25, -0.2) is 8.78 Å². The van der Waals surface area contributed by atoms with E-state index in [0.29, 0.717) is 5.56 Å². The van der Waals surface area contributed by atoms with Gasteiger partial charge in [0.1, 0.15) is 6.61 Å². The first-order valence-corrected chi connectivity index (χ1v) is 4.87. The highest BCUT2D eigenvalue weighted by Crippen LogP contribution is 2.23. The van der Waals surface area contributed by atoms with Gasteiger partial charge in [-0.2, -0.15) is 8.78 Å². The molecule has 0 amide bonds. The molecule has 0 radical (unpaired) electrons. The summed E-state index contributed by atoms with van der Waals surface area (Å²) in [7, 11) is 0. The Bertz CT molecular complexity index is 403. The summed E-state index contributed by atoms with van der Waals surface area (Å²) in [6.45, 7) is -1.71. The van der Waals surface area contributed by atoms with Gasteiger partial charge in [0.05, 0.1) is 12.6 Å². The lowest BCUT2D eigenvalue weighted by atomic mass is 10.1. The SMILES string of the molecule is O=C([O-])c1ccc(COCC(F)(F)C(F)F)cc1. The summed E-state index contributed by atoms with van der Waals surface area (Å²) in [4.78, 5) is 10.4. The first-order chi connectivity index (χ1) is 8.33. The molecule has 1 aromatic rings. The Morgan fingerprint density at radius 2 is 1.83 bits per heavy atom. The second-order valence-corrected chi connectivity index (χ2v) is 3.54. The van der Waals surface area contributed by atoms with Crippen LogP contribution in [0, 0.1) is 0 Å². The molecule has 18 heavy (non-hydrogen) atoms. The third-order valence-corrected chi connectivity index (χ3v) is 2.07. The van der Waals surface area contributed by atoms with Crippen LogP contribution < -0.4 is 5.11 Å². The number of hydrogen-bond acceptors (Lipinski definition) is 3. The van der Waals surface area contributed by atoms with E-state index in [1.54, 1.807) is 0 Å². The van der Waals surface area contributed by atoms with Crippen LogP contribution in [0.25, 0.3) is 0 Å². The average molecular weight is 265 g/mol. The number of halogens is 4. The van der Waals surface area contributed by atoms with Gasteiger partial charge in [-0.05, 0) is 11.1 Å². The minimum absolute atomic E-state index is 0.0725. The first kappa shape index (κ1) is 14.4. The fraction of sp³-hybridized carbons (Fsp3) is 0.364. The van der Waals surface area contributed by atoms with E-state index in [0.717, 1.165) is 0 Å². The number of rotatable bonds is 6. The molecule has 0 unspecified atom stereocenters. The third-order valence-electron chi connectivity index (χ3n) is 2.07. The number of carboxylic acid groups (broad SMARTS) is 1. The molecule has 7 heteroatoms. The molecule has 0 aliphatic rings. The Morgan fingerprint density at radius 3 is 2.28 bits per heavy atom. The highest BCUT2D eigenvalue weighted by atomic mass is 19.3. The number of hydrogen-bond donors (Lipinski definition) is 0. The Labute approximate surface area is 100.0 Å². The number of benzene rings is 1. The van der Waals surface area contributed by atoms with Crippen molar-refractivity contribution in [1.29, 1.82) is 0 Å². The molecule has 0 atom stereocenters. The topological polar surface area (TPSA) is 49.4 Å². The van der Waals surface area contributed by atoms with Crippen LogP contribution in [0.15, 0.2) is 24.3 Å². The van der Waals surface area contributed by atoms with Crippen molar-refractivity contribution < 1.29 is 32.2 Å². The zero-order valence-corrected chi connectivity index (χ0v) is 9.04. The molecule has 0 aromatic heterocycles. The molecule has 0 aliphatic heterocycles. The van der Waals surface area contributed by atoms with E-state index in [2.05, 4.69) is 4.74 Å². The fourth-order valence-corrected chi connectivity index (χ4v) is 1.11. The Morgan fingerprint density at radius 1 is 1.28 bits per heavy atom. The van der Waals surface area contributed by atoms with Crippen LogP contribution >= 0.6 is 0 Å². The molecule has 0 spiro atoms. The molecule has 0 saturated carbocycles. The van der Waals surface area contributed by atoms with Crippen LogP contribution in [-0.2, 0) is 11.3 Å². The highest BCUT2D eigenvalue weighted by Gasteiger charge is 2.40. The molecule has 100 valence electrons. The standard InChI is InChI=1S/C11H10F4O3/c12-10(13)11(14,15)6-18-5-7-1-3-8(4-2-7)9(16)17/h1-4,10H,5-6H2,(H,16,17)/p-1. The lowest BCUT2D eigenvalue weighted by Crippen LogP contribution is -2.32. The molecule has 0 heterocycles. The summed E-state index contributed by atoms with van der Waals surface area (Å²) in [5, 5.41) is 10.4. The summed E-state index contributed by atoms with van der Waals surface area (Å²) in [5.74, 6) is -5.56. The predicted octanol–water partition coefficient (Wildman–Crippen LogP) is 1.47. The van der Waals surface area contributed by atoms with Gasteiger partial charge in [0.25, 0.3) is 0 Å². The minimum atomic E-state index is -4.19. The molecule has 0 N–H and O–H groups in total. The third kappa shape index (κ3) is 3.99. The number of alkyl halides is 4. The van der Waals surface area contributed by atoms with E-state index in [-0.39, 0.29) is 12.2 Å². The fourth-order valence-electron chi connectivity index (χ4n) is 1.11. The molecular weight excluding hydrogens is 256 g/mol. The van der Waals surface area contributed by atoms with Crippen LogP contribution in [0.4, 0.5) is 17.6 Å². The van der Waals surface area contributed by atoms with E-state index < -0.39 is 24.9 Å². The number of ether oxygens (including phenoxy) is 1. The summed E-state index contributed by atoms with van der Waals surface area (Å²) in [6, 6.07) is 5.07. The first-order valence-electron chi connectivity index (χ1n) is 4.87. The van der Waals surface area contributed by atoms with E-state index in [9.17, 15) is 27.5 Å². The van der Waals surface area contributed by atoms with Gasteiger partial charge >= 0.3 is 12.3 Å². The van der Waals surface area contributed by atoms with E-state index >= 15 is 0 Å². The Balaban J connectivity index is 2.47. The largest absolute Gasteiger partial charge is 0.545 e. The van der Waals surface area contributed by atoms with Crippen LogP contribution in [0.3, 0.4) is 0 Å². The van der Waals surface area contributed by atoms with Gasteiger partial charge in [-0.1, -0.05) is 24.3 Å². The van der Waals surface area contributed by atoms with Gasteiger partial charge in [0, 0.05) is 0 Å². The second-order valence-electron chi connectivity index (χ2n) is 3.54. The van der Waals surface area contributed by atoms with Gasteiger partial charge in [0.15, 0.2) is 0 Å².